The molecule has 0 spiro atoms. The molecule has 4 nitrogen and oxygen atoms in total. The van der Waals surface area contributed by atoms with Gasteiger partial charge in [-0.2, -0.15) is 0 Å². The fraction of sp³-hybridized carbons (Fsp3) is 0.0625. The highest BCUT2D eigenvalue weighted by Gasteiger charge is 2.10. The molecule has 4 heteroatoms. The summed E-state index contributed by atoms with van der Waals surface area (Å²) >= 11 is 0. The number of carbonyl (C=O) groups excluding carboxylic acids is 1. The van der Waals surface area contributed by atoms with Gasteiger partial charge in [0.15, 0.2) is 0 Å². The molecule has 20 heavy (non-hydrogen) atoms. The van der Waals surface area contributed by atoms with Gasteiger partial charge in [0.2, 0.25) is 0 Å². The summed E-state index contributed by atoms with van der Waals surface area (Å²) in [6.07, 6.45) is 0. The Morgan fingerprint density at radius 3 is 2.70 bits per heavy atom. The molecule has 3 rings (SSSR count). The minimum Gasteiger partial charge on any atom is -0.497 e. The van der Waals surface area contributed by atoms with Crippen LogP contribution in [0.3, 0.4) is 0 Å². The van der Waals surface area contributed by atoms with Crippen molar-refractivity contribution < 1.29 is 9.53 Å². The normalized spacial score (nSPS) is 10.7. The standard InChI is InChI=1S/C16H14N2O2/c1-20-12-6-2-4-10(8-12)14-9-11-5-3-7-13(16(17)19)15(11)18-14/h2-9,18H,1H3,(H2,17,19). The molecule has 1 amide bonds. The first-order chi connectivity index (χ1) is 9.69. The first-order valence-corrected chi connectivity index (χ1v) is 6.25. The number of ether oxygens (including phenoxy) is 1. The quantitative estimate of drug-likeness (QED) is 0.765. The first kappa shape index (κ1) is 12.3. The third-order valence-corrected chi connectivity index (χ3v) is 3.30. The van der Waals surface area contributed by atoms with Crippen molar-refractivity contribution in [3.05, 3.63) is 54.1 Å². The zero-order valence-electron chi connectivity index (χ0n) is 11.0. The summed E-state index contributed by atoms with van der Waals surface area (Å²) in [7, 11) is 1.63. The molecule has 2 aromatic carbocycles. The molecule has 0 saturated carbocycles. The second-order valence-corrected chi connectivity index (χ2v) is 4.55. The number of hydrogen-bond donors (Lipinski definition) is 2. The molecule has 0 unspecified atom stereocenters. The number of carbonyl (C=O) groups is 1. The Morgan fingerprint density at radius 1 is 1.15 bits per heavy atom. The van der Waals surface area contributed by atoms with Crippen molar-refractivity contribution >= 4 is 16.8 Å². The minimum atomic E-state index is -0.436. The summed E-state index contributed by atoms with van der Waals surface area (Å²) < 4.78 is 5.22. The van der Waals surface area contributed by atoms with Crippen LogP contribution in [-0.2, 0) is 0 Å². The molecular formula is C16H14N2O2. The van der Waals surface area contributed by atoms with E-state index < -0.39 is 5.91 Å². The molecule has 0 aliphatic carbocycles. The SMILES string of the molecule is COc1cccc(-c2cc3cccc(C(N)=O)c3[nH]2)c1. The highest BCUT2D eigenvalue weighted by atomic mass is 16.5. The average Bonchev–Trinajstić information content (AvgIpc) is 2.91. The predicted molar refractivity (Wildman–Crippen MR) is 78.8 cm³/mol. The van der Waals surface area contributed by atoms with Gasteiger partial charge in [0.25, 0.3) is 5.91 Å². The molecule has 0 radical (unpaired) electrons. The maximum absolute atomic E-state index is 11.4. The Hall–Kier alpha value is -2.75. The van der Waals surface area contributed by atoms with E-state index in [2.05, 4.69) is 4.98 Å². The van der Waals surface area contributed by atoms with Crippen LogP contribution in [0.2, 0.25) is 0 Å². The summed E-state index contributed by atoms with van der Waals surface area (Å²) in [6.45, 7) is 0. The lowest BCUT2D eigenvalue weighted by Gasteiger charge is -2.02. The summed E-state index contributed by atoms with van der Waals surface area (Å²) in [5.41, 5.74) is 8.57. The molecule has 0 bridgehead atoms. The first-order valence-electron chi connectivity index (χ1n) is 6.25. The van der Waals surface area contributed by atoms with Gasteiger partial charge >= 0.3 is 0 Å². The van der Waals surface area contributed by atoms with Crippen LogP contribution in [0.15, 0.2) is 48.5 Å². The van der Waals surface area contributed by atoms with Crippen molar-refractivity contribution in [1.82, 2.24) is 4.98 Å². The van der Waals surface area contributed by atoms with E-state index in [4.69, 9.17) is 10.5 Å². The predicted octanol–water partition coefficient (Wildman–Crippen LogP) is 2.94. The highest BCUT2D eigenvalue weighted by molar-refractivity contribution is 6.06. The Morgan fingerprint density at radius 2 is 1.95 bits per heavy atom. The van der Waals surface area contributed by atoms with E-state index in [0.29, 0.717) is 5.56 Å². The summed E-state index contributed by atoms with van der Waals surface area (Å²) in [5.74, 6) is 0.353. The Balaban J connectivity index is 2.17. The number of fused-ring (bicyclic) bond motifs is 1. The topological polar surface area (TPSA) is 68.1 Å². The van der Waals surface area contributed by atoms with Crippen molar-refractivity contribution in [1.29, 1.82) is 0 Å². The minimum absolute atomic E-state index is 0.436. The number of aromatic nitrogens is 1. The fourth-order valence-electron chi connectivity index (χ4n) is 2.31. The number of nitrogens with two attached hydrogens (primary N) is 1. The molecule has 0 fully saturated rings. The molecule has 1 aromatic heterocycles. The van der Waals surface area contributed by atoms with Crippen LogP contribution in [0.25, 0.3) is 22.2 Å². The molecule has 3 aromatic rings. The monoisotopic (exact) mass is 266 g/mol. The van der Waals surface area contributed by atoms with Crippen molar-refractivity contribution in [2.75, 3.05) is 7.11 Å². The maximum atomic E-state index is 11.4. The van der Waals surface area contributed by atoms with E-state index >= 15 is 0 Å². The van der Waals surface area contributed by atoms with Gasteiger partial charge in [-0.25, -0.2) is 0 Å². The van der Waals surface area contributed by atoms with Crippen LogP contribution < -0.4 is 10.5 Å². The third kappa shape index (κ3) is 2.01. The number of methoxy groups -OCH3 is 1. The molecular weight excluding hydrogens is 252 g/mol. The largest absolute Gasteiger partial charge is 0.497 e. The number of nitrogens with one attached hydrogen (secondary N) is 1. The van der Waals surface area contributed by atoms with E-state index in [1.165, 1.54) is 0 Å². The van der Waals surface area contributed by atoms with Crippen LogP contribution in [0.5, 0.6) is 5.75 Å². The smallest absolute Gasteiger partial charge is 0.250 e. The number of para-hydroxylation sites is 1. The van der Waals surface area contributed by atoms with Gasteiger partial charge in [-0.15, -0.1) is 0 Å². The lowest BCUT2D eigenvalue weighted by molar-refractivity contribution is 0.100. The molecule has 3 N–H and O–H groups in total. The number of amides is 1. The molecule has 1 heterocycles. The van der Waals surface area contributed by atoms with E-state index in [9.17, 15) is 4.79 Å². The van der Waals surface area contributed by atoms with Crippen LogP contribution in [0.1, 0.15) is 10.4 Å². The maximum Gasteiger partial charge on any atom is 0.250 e. The zero-order valence-corrected chi connectivity index (χ0v) is 11.0. The van der Waals surface area contributed by atoms with Gasteiger partial charge in [0.1, 0.15) is 5.75 Å². The molecule has 0 saturated heterocycles. The lowest BCUT2D eigenvalue weighted by atomic mass is 10.1. The average molecular weight is 266 g/mol. The lowest BCUT2D eigenvalue weighted by Crippen LogP contribution is -2.11. The van der Waals surface area contributed by atoms with E-state index in [1.807, 2.05) is 42.5 Å². The number of primary amides is 1. The highest BCUT2D eigenvalue weighted by Crippen LogP contribution is 2.28. The molecule has 0 aliphatic rings. The van der Waals surface area contributed by atoms with Crippen LogP contribution >= 0.6 is 0 Å². The second-order valence-electron chi connectivity index (χ2n) is 4.55. The third-order valence-electron chi connectivity index (χ3n) is 3.30. The number of H-pyrrole nitrogens is 1. The number of benzene rings is 2. The van der Waals surface area contributed by atoms with E-state index in [-0.39, 0.29) is 0 Å². The van der Waals surface area contributed by atoms with Crippen molar-refractivity contribution in [3.63, 3.8) is 0 Å². The Kier molecular flexibility index (Phi) is 2.91. The van der Waals surface area contributed by atoms with Crippen molar-refractivity contribution in [2.24, 2.45) is 5.73 Å². The summed E-state index contributed by atoms with van der Waals surface area (Å²) in [5, 5.41) is 0.958. The van der Waals surface area contributed by atoms with Crippen molar-refractivity contribution in [2.45, 2.75) is 0 Å². The Bertz CT molecular complexity index is 790. The van der Waals surface area contributed by atoms with Gasteiger partial charge in [-0.05, 0) is 24.3 Å². The zero-order chi connectivity index (χ0) is 14.1. The van der Waals surface area contributed by atoms with E-state index in [1.54, 1.807) is 13.2 Å². The number of rotatable bonds is 3. The van der Waals surface area contributed by atoms with Crippen LogP contribution in [-0.4, -0.2) is 18.0 Å². The Labute approximate surface area is 116 Å². The number of aromatic amines is 1. The van der Waals surface area contributed by atoms with E-state index in [0.717, 1.165) is 27.9 Å². The van der Waals surface area contributed by atoms with Gasteiger partial charge in [-0.1, -0.05) is 24.3 Å². The fourth-order valence-corrected chi connectivity index (χ4v) is 2.31. The van der Waals surface area contributed by atoms with Crippen LogP contribution in [0, 0.1) is 0 Å². The summed E-state index contributed by atoms with van der Waals surface area (Å²) in [4.78, 5) is 14.7. The van der Waals surface area contributed by atoms with Gasteiger partial charge in [0, 0.05) is 16.6 Å². The number of hydrogen-bond acceptors (Lipinski definition) is 2. The van der Waals surface area contributed by atoms with Gasteiger partial charge < -0.3 is 15.5 Å². The second kappa shape index (κ2) is 4.74. The molecule has 0 atom stereocenters. The molecule has 100 valence electrons. The van der Waals surface area contributed by atoms with Gasteiger partial charge in [-0.3, -0.25) is 4.79 Å². The van der Waals surface area contributed by atoms with Crippen molar-refractivity contribution in [3.8, 4) is 17.0 Å². The molecule has 0 aliphatic heterocycles. The van der Waals surface area contributed by atoms with Gasteiger partial charge in [0.05, 0.1) is 18.2 Å². The summed E-state index contributed by atoms with van der Waals surface area (Å²) in [6, 6.07) is 15.2. The van der Waals surface area contributed by atoms with Crippen LogP contribution in [0.4, 0.5) is 0 Å².